The minimum absolute atomic E-state index is 0.191. The standard InChI is InChI=1S/C20H19FN2OS/c1-3-4-16(14-5-9-17(21)10-6-14)13-19(22)23-20(24)15-7-11-18(25-2)12-8-15/h3-13H,1,22H2,2H3,(H,23,24)/b16-4+,19-13+. The molecule has 0 aromatic heterocycles. The van der Waals surface area contributed by atoms with Gasteiger partial charge in [-0.05, 0) is 59.9 Å². The van der Waals surface area contributed by atoms with Crippen LogP contribution >= 0.6 is 11.8 Å². The third kappa shape index (κ3) is 5.36. The fourth-order valence-electron chi connectivity index (χ4n) is 2.15. The molecule has 128 valence electrons. The van der Waals surface area contributed by atoms with Gasteiger partial charge in [0.1, 0.15) is 11.6 Å². The second-order valence-corrected chi connectivity index (χ2v) is 6.03. The maximum Gasteiger partial charge on any atom is 0.256 e. The first-order chi connectivity index (χ1) is 12.0. The van der Waals surface area contributed by atoms with Crippen molar-refractivity contribution in [3.8, 4) is 0 Å². The number of amides is 1. The van der Waals surface area contributed by atoms with Crippen LogP contribution in [0, 0.1) is 5.82 Å². The summed E-state index contributed by atoms with van der Waals surface area (Å²) < 4.78 is 13.1. The third-order valence-corrected chi connectivity index (χ3v) is 4.14. The molecule has 0 unspecified atom stereocenters. The number of rotatable bonds is 6. The number of allylic oxidation sites excluding steroid dienone is 4. The van der Waals surface area contributed by atoms with Gasteiger partial charge in [0.25, 0.3) is 5.91 Å². The van der Waals surface area contributed by atoms with E-state index in [4.69, 9.17) is 5.73 Å². The van der Waals surface area contributed by atoms with Crippen LogP contribution in [0.3, 0.4) is 0 Å². The summed E-state index contributed by atoms with van der Waals surface area (Å²) in [6, 6.07) is 13.2. The molecule has 0 aliphatic carbocycles. The Morgan fingerprint density at radius 3 is 2.28 bits per heavy atom. The van der Waals surface area contributed by atoms with Crippen LogP contribution in [0.4, 0.5) is 4.39 Å². The SMILES string of the molecule is C=C/C=C(\C=C(/N)NC(=O)c1ccc(SC)cc1)c1ccc(F)cc1. The summed E-state index contributed by atoms with van der Waals surface area (Å²) in [5, 5.41) is 2.65. The van der Waals surface area contributed by atoms with Gasteiger partial charge in [-0.3, -0.25) is 4.79 Å². The van der Waals surface area contributed by atoms with Crippen molar-refractivity contribution < 1.29 is 9.18 Å². The summed E-state index contributed by atoms with van der Waals surface area (Å²) in [4.78, 5) is 13.3. The number of halogens is 1. The van der Waals surface area contributed by atoms with Gasteiger partial charge >= 0.3 is 0 Å². The summed E-state index contributed by atoms with van der Waals surface area (Å²) in [6.07, 6.45) is 6.92. The maximum atomic E-state index is 13.1. The normalized spacial score (nSPS) is 11.9. The molecule has 5 heteroatoms. The Labute approximate surface area is 151 Å². The Morgan fingerprint density at radius 1 is 1.12 bits per heavy atom. The highest BCUT2D eigenvalue weighted by Gasteiger charge is 2.07. The molecule has 0 heterocycles. The van der Waals surface area contributed by atoms with Crippen molar-refractivity contribution >= 4 is 23.2 Å². The van der Waals surface area contributed by atoms with E-state index in [1.54, 1.807) is 54.3 Å². The summed E-state index contributed by atoms with van der Waals surface area (Å²) in [5.41, 5.74) is 7.94. The van der Waals surface area contributed by atoms with Gasteiger partial charge in [-0.25, -0.2) is 4.39 Å². The molecule has 0 spiro atoms. The quantitative estimate of drug-likeness (QED) is 0.599. The van der Waals surface area contributed by atoms with Crippen LogP contribution in [0.1, 0.15) is 15.9 Å². The van der Waals surface area contributed by atoms with Crippen molar-refractivity contribution in [1.29, 1.82) is 0 Å². The van der Waals surface area contributed by atoms with Gasteiger partial charge in [-0.1, -0.05) is 30.9 Å². The zero-order chi connectivity index (χ0) is 18.2. The smallest absolute Gasteiger partial charge is 0.256 e. The van der Waals surface area contributed by atoms with Crippen LogP contribution in [-0.4, -0.2) is 12.2 Å². The number of hydrogen-bond acceptors (Lipinski definition) is 3. The molecule has 0 aliphatic rings. The van der Waals surface area contributed by atoms with E-state index in [-0.39, 0.29) is 17.5 Å². The fraction of sp³-hybridized carbons (Fsp3) is 0.0500. The van der Waals surface area contributed by atoms with E-state index in [0.717, 1.165) is 10.5 Å². The first-order valence-electron chi connectivity index (χ1n) is 7.54. The predicted molar refractivity (Wildman–Crippen MR) is 103 cm³/mol. The van der Waals surface area contributed by atoms with E-state index in [2.05, 4.69) is 11.9 Å². The van der Waals surface area contributed by atoms with Gasteiger partial charge in [0, 0.05) is 10.5 Å². The molecular weight excluding hydrogens is 335 g/mol. The van der Waals surface area contributed by atoms with E-state index in [1.807, 2.05) is 18.4 Å². The van der Waals surface area contributed by atoms with E-state index in [9.17, 15) is 9.18 Å². The average Bonchev–Trinajstić information content (AvgIpc) is 2.62. The van der Waals surface area contributed by atoms with Crippen LogP contribution in [0.25, 0.3) is 5.57 Å². The molecule has 2 aromatic rings. The molecular formula is C20H19FN2OS. The van der Waals surface area contributed by atoms with Gasteiger partial charge in [-0.15, -0.1) is 11.8 Å². The van der Waals surface area contributed by atoms with Crippen LogP contribution < -0.4 is 11.1 Å². The number of hydrogen-bond donors (Lipinski definition) is 2. The monoisotopic (exact) mass is 354 g/mol. The van der Waals surface area contributed by atoms with E-state index >= 15 is 0 Å². The van der Waals surface area contributed by atoms with Gasteiger partial charge < -0.3 is 11.1 Å². The number of thioether (sulfide) groups is 1. The largest absolute Gasteiger partial charge is 0.385 e. The second-order valence-electron chi connectivity index (χ2n) is 5.15. The van der Waals surface area contributed by atoms with E-state index < -0.39 is 0 Å². The van der Waals surface area contributed by atoms with E-state index in [1.165, 1.54) is 12.1 Å². The molecule has 0 saturated carbocycles. The zero-order valence-electron chi connectivity index (χ0n) is 13.8. The van der Waals surface area contributed by atoms with Gasteiger partial charge in [0.15, 0.2) is 0 Å². The Bertz CT molecular complexity index is 809. The molecule has 2 aromatic carbocycles. The van der Waals surface area contributed by atoms with Crippen molar-refractivity contribution in [1.82, 2.24) is 5.32 Å². The lowest BCUT2D eigenvalue weighted by atomic mass is 10.0. The first-order valence-corrected chi connectivity index (χ1v) is 8.77. The summed E-state index contributed by atoms with van der Waals surface area (Å²) in [7, 11) is 0. The molecule has 1 amide bonds. The van der Waals surface area contributed by atoms with Crippen LogP contribution in [0.2, 0.25) is 0 Å². The molecule has 0 bridgehead atoms. The Kier molecular flexibility index (Phi) is 6.60. The average molecular weight is 354 g/mol. The summed E-state index contributed by atoms with van der Waals surface area (Å²) in [5.74, 6) is -0.421. The Hall–Kier alpha value is -2.79. The highest BCUT2D eigenvalue weighted by atomic mass is 32.2. The van der Waals surface area contributed by atoms with Crippen LogP contribution in [0.15, 0.2) is 84.1 Å². The Balaban J connectivity index is 2.16. The molecule has 3 nitrogen and oxygen atoms in total. The van der Waals surface area contributed by atoms with Crippen molar-refractivity contribution in [2.45, 2.75) is 4.90 Å². The van der Waals surface area contributed by atoms with Crippen LogP contribution in [-0.2, 0) is 0 Å². The van der Waals surface area contributed by atoms with Crippen molar-refractivity contribution in [2.75, 3.05) is 6.26 Å². The second kappa shape index (κ2) is 8.89. The van der Waals surface area contributed by atoms with Crippen LogP contribution in [0.5, 0.6) is 0 Å². The molecule has 0 radical (unpaired) electrons. The Morgan fingerprint density at radius 2 is 1.72 bits per heavy atom. The highest BCUT2D eigenvalue weighted by molar-refractivity contribution is 7.98. The molecule has 3 N–H and O–H groups in total. The predicted octanol–water partition coefficient (Wildman–Crippen LogP) is 4.35. The molecule has 0 atom stereocenters. The zero-order valence-corrected chi connectivity index (χ0v) is 14.6. The lowest BCUT2D eigenvalue weighted by Crippen LogP contribution is -2.27. The lowest BCUT2D eigenvalue weighted by Gasteiger charge is -2.08. The van der Waals surface area contributed by atoms with Gasteiger partial charge in [0.05, 0.1) is 0 Å². The van der Waals surface area contributed by atoms with Crippen molar-refractivity contribution in [2.24, 2.45) is 5.73 Å². The maximum absolute atomic E-state index is 13.1. The number of nitrogens with one attached hydrogen (secondary N) is 1. The minimum Gasteiger partial charge on any atom is -0.385 e. The third-order valence-electron chi connectivity index (χ3n) is 3.40. The highest BCUT2D eigenvalue weighted by Crippen LogP contribution is 2.18. The van der Waals surface area contributed by atoms with Crippen molar-refractivity contribution in [3.05, 3.63) is 96.1 Å². The number of benzene rings is 2. The first kappa shape index (κ1) is 18.5. The molecule has 0 fully saturated rings. The number of nitrogens with two attached hydrogens (primary N) is 1. The molecule has 0 saturated heterocycles. The molecule has 25 heavy (non-hydrogen) atoms. The summed E-state index contributed by atoms with van der Waals surface area (Å²) in [6.45, 7) is 3.67. The van der Waals surface area contributed by atoms with Gasteiger partial charge in [0.2, 0.25) is 0 Å². The lowest BCUT2D eigenvalue weighted by molar-refractivity contribution is 0.0965. The number of carbonyl (C=O) groups is 1. The fourth-order valence-corrected chi connectivity index (χ4v) is 2.55. The molecule has 2 rings (SSSR count). The number of carbonyl (C=O) groups excluding carboxylic acids is 1. The minimum atomic E-state index is -0.319. The summed E-state index contributed by atoms with van der Waals surface area (Å²) >= 11 is 1.60. The molecule has 0 aliphatic heterocycles. The van der Waals surface area contributed by atoms with E-state index in [0.29, 0.717) is 11.1 Å². The van der Waals surface area contributed by atoms with Gasteiger partial charge in [-0.2, -0.15) is 0 Å². The van der Waals surface area contributed by atoms with Crippen molar-refractivity contribution in [3.63, 3.8) is 0 Å². The topological polar surface area (TPSA) is 55.1 Å².